The zero-order chi connectivity index (χ0) is 13.5. The summed E-state index contributed by atoms with van der Waals surface area (Å²) in [5.41, 5.74) is 5.44. The van der Waals surface area contributed by atoms with Gasteiger partial charge in [0, 0.05) is 0 Å². The molecule has 4 heteroatoms. The van der Waals surface area contributed by atoms with Crippen LogP contribution in [0.15, 0.2) is 0 Å². The summed E-state index contributed by atoms with van der Waals surface area (Å²) < 4.78 is 0. The van der Waals surface area contributed by atoms with E-state index in [0.29, 0.717) is 0 Å². The van der Waals surface area contributed by atoms with Crippen molar-refractivity contribution in [1.82, 2.24) is 10.6 Å². The van der Waals surface area contributed by atoms with Crippen LogP contribution in [0.3, 0.4) is 0 Å². The van der Waals surface area contributed by atoms with Crippen LogP contribution in [-0.2, 0) is 0 Å². The smallest absolute Gasteiger partial charge is 0.102 e. The first-order valence-electron chi connectivity index (χ1n) is 7.59. The summed E-state index contributed by atoms with van der Waals surface area (Å²) in [6, 6.07) is 0. The molecule has 0 aliphatic heterocycles. The van der Waals surface area contributed by atoms with Gasteiger partial charge in [-0.25, -0.2) is 0 Å². The van der Waals surface area contributed by atoms with Crippen molar-refractivity contribution >= 4 is 0 Å². The van der Waals surface area contributed by atoms with Crippen molar-refractivity contribution in [3.05, 3.63) is 0 Å². The molecule has 0 bridgehead atoms. The van der Waals surface area contributed by atoms with E-state index in [-0.39, 0.29) is 6.23 Å². The molecule has 0 rings (SSSR count). The first-order chi connectivity index (χ1) is 8.77. The van der Waals surface area contributed by atoms with Gasteiger partial charge in [0.2, 0.25) is 0 Å². The van der Waals surface area contributed by atoms with Crippen molar-refractivity contribution < 1.29 is 5.11 Å². The van der Waals surface area contributed by atoms with E-state index in [9.17, 15) is 0 Å². The third-order valence-corrected chi connectivity index (χ3v) is 3.03. The fourth-order valence-corrected chi connectivity index (χ4v) is 1.91. The monoisotopic (exact) mass is 259 g/mol. The van der Waals surface area contributed by atoms with Crippen LogP contribution in [0, 0.1) is 0 Å². The van der Waals surface area contributed by atoms with Crippen molar-refractivity contribution in [2.24, 2.45) is 5.73 Å². The fraction of sp³-hybridized carbons (Fsp3) is 1.00. The Hall–Kier alpha value is -0.160. The van der Waals surface area contributed by atoms with Gasteiger partial charge < -0.3 is 16.2 Å². The second-order valence-electron chi connectivity index (χ2n) is 5.00. The summed E-state index contributed by atoms with van der Waals surface area (Å²) in [4.78, 5) is 0. The van der Waals surface area contributed by atoms with Gasteiger partial charge in [0.15, 0.2) is 0 Å². The molecule has 0 aromatic carbocycles. The number of nitrogens with one attached hydrogen (secondary N) is 2. The zero-order valence-electron chi connectivity index (χ0n) is 12.1. The summed E-state index contributed by atoms with van der Waals surface area (Å²) >= 11 is 0. The molecule has 0 amide bonds. The third-order valence-electron chi connectivity index (χ3n) is 3.03. The minimum absolute atomic E-state index is 0.370. The van der Waals surface area contributed by atoms with Gasteiger partial charge >= 0.3 is 0 Å². The summed E-state index contributed by atoms with van der Waals surface area (Å²) in [7, 11) is 0. The van der Waals surface area contributed by atoms with Crippen LogP contribution < -0.4 is 16.4 Å². The maximum atomic E-state index is 9.00. The van der Waals surface area contributed by atoms with Crippen molar-refractivity contribution in [2.75, 3.05) is 26.2 Å². The molecular formula is C14H33N3O. The largest absolute Gasteiger partial charge is 0.379 e. The maximum absolute atomic E-state index is 9.00. The van der Waals surface area contributed by atoms with Crippen molar-refractivity contribution in [3.8, 4) is 0 Å². The van der Waals surface area contributed by atoms with E-state index >= 15 is 0 Å². The molecule has 110 valence electrons. The molecule has 5 N–H and O–H groups in total. The highest BCUT2D eigenvalue weighted by Crippen LogP contribution is 1.99. The fourth-order valence-electron chi connectivity index (χ4n) is 1.91. The Morgan fingerprint density at radius 1 is 0.833 bits per heavy atom. The second-order valence-corrected chi connectivity index (χ2v) is 5.00. The van der Waals surface area contributed by atoms with Gasteiger partial charge in [0.25, 0.3) is 0 Å². The predicted molar refractivity (Wildman–Crippen MR) is 78.5 cm³/mol. The summed E-state index contributed by atoms with van der Waals surface area (Å²) in [6.45, 7) is 5.80. The molecule has 0 spiro atoms. The van der Waals surface area contributed by atoms with E-state index in [1.807, 2.05) is 0 Å². The van der Waals surface area contributed by atoms with E-state index in [1.165, 1.54) is 44.9 Å². The Morgan fingerprint density at radius 2 is 1.33 bits per heavy atom. The summed E-state index contributed by atoms with van der Waals surface area (Å²) in [5.74, 6) is 0. The highest BCUT2D eigenvalue weighted by molar-refractivity contribution is 4.53. The topological polar surface area (TPSA) is 70.3 Å². The lowest BCUT2D eigenvalue weighted by atomic mass is 10.2. The van der Waals surface area contributed by atoms with Crippen molar-refractivity contribution in [2.45, 2.75) is 64.5 Å². The Morgan fingerprint density at radius 3 is 1.83 bits per heavy atom. The lowest BCUT2D eigenvalue weighted by Gasteiger charge is -2.07. The maximum Gasteiger partial charge on any atom is 0.102 e. The van der Waals surface area contributed by atoms with Crippen LogP contribution in [0.25, 0.3) is 0 Å². The minimum Gasteiger partial charge on any atom is -0.379 e. The first kappa shape index (κ1) is 17.8. The lowest BCUT2D eigenvalue weighted by molar-refractivity contribution is 0.156. The second kappa shape index (κ2) is 14.9. The van der Waals surface area contributed by atoms with Crippen LogP contribution in [0.2, 0.25) is 0 Å². The van der Waals surface area contributed by atoms with Gasteiger partial charge in [0.05, 0.1) is 0 Å². The molecule has 0 aromatic heterocycles. The molecular weight excluding hydrogens is 226 g/mol. The summed E-state index contributed by atoms with van der Waals surface area (Å²) in [6.07, 6.45) is 9.59. The average molecular weight is 259 g/mol. The highest BCUT2D eigenvalue weighted by atomic mass is 16.3. The molecule has 0 saturated heterocycles. The molecule has 1 unspecified atom stereocenters. The Labute approximate surface area is 113 Å². The van der Waals surface area contributed by atoms with E-state index in [2.05, 4.69) is 10.6 Å². The van der Waals surface area contributed by atoms with Gasteiger partial charge in [-0.15, -0.1) is 0 Å². The molecule has 0 aliphatic carbocycles. The molecule has 0 aliphatic rings. The number of aliphatic hydroxyl groups excluding tert-OH is 1. The number of hydrogen-bond acceptors (Lipinski definition) is 4. The Bertz CT molecular complexity index is 154. The van der Waals surface area contributed by atoms with Gasteiger partial charge in [-0.3, -0.25) is 5.32 Å². The average Bonchev–Trinajstić information content (AvgIpc) is 2.34. The van der Waals surface area contributed by atoms with Crippen molar-refractivity contribution in [1.29, 1.82) is 0 Å². The Kier molecular flexibility index (Phi) is 14.8. The zero-order valence-corrected chi connectivity index (χ0v) is 12.1. The molecule has 18 heavy (non-hydrogen) atoms. The number of nitrogens with two attached hydrogens (primary N) is 1. The first-order valence-corrected chi connectivity index (χ1v) is 7.59. The van der Waals surface area contributed by atoms with Gasteiger partial charge in [-0.05, 0) is 58.8 Å². The SMILES string of the molecule is CC(O)NCCCCCCNCCCCCCN. The normalized spacial score (nSPS) is 12.8. The van der Waals surface area contributed by atoms with E-state index in [0.717, 1.165) is 32.6 Å². The van der Waals surface area contributed by atoms with Crippen LogP contribution in [0.5, 0.6) is 0 Å². The third kappa shape index (κ3) is 15.8. The van der Waals surface area contributed by atoms with Gasteiger partial charge in [0.1, 0.15) is 6.23 Å². The number of aliphatic hydroxyl groups is 1. The number of rotatable bonds is 14. The number of unbranched alkanes of at least 4 members (excludes halogenated alkanes) is 6. The molecule has 0 heterocycles. The lowest BCUT2D eigenvalue weighted by Crippen LogP contribution is -2.26. The van der Waals surface area contributed by atoms with Crippen molar-refractivity contribution in [3.63, 3.8) is 0 Å². The van der Waals surface area contributed by atoms with Crippen LogP contribution >= 0.6 is 0 Å². The standard InChI is InChI=1S/C14H33N3O/c1-14(18)17-13-9-5-4-8-12-16-11-7-3-2-6-10-15/h14,16-18H,2-13,15H2,1H3. The van der Waals surface area contributed by atoms with E-state index < -0.39 is 0 Å². The molecule has 0 radical (unpaired) electrons. The van der Waals surface area contributed by atoms with Gasteiger partial charge in [-0.1, -0.05) is 25.7 Å². The minimum atomic E-state index is -0.370. The Balaban J connectivity index is 2.90. The van der Waals surface area contributed by atoms with E-state index in [4.69, 9.17) is 10.8 Å². The highest BCUT2D eigenvalue weighted by Gasteiger charge is 1.94. The van der Waals surface area contributed by atoms with Crippen LogP contribution in [0.1, 0.15) is 58.3 Å². The molecule has 0 saturated carbocycles. The molecule has 1 atom stereocenters. The molecule has 0 aromatic rings. The molecule has 0 fully saturated rings. The number of hydrogen-bond donors (Lipinski definition) is 4. The van der Waals surface area contributed by atoms with Crippen LogP contribution in [-0.4, -0.2) is 37.5 Å². The predicted octanol–water partition coefficient (Wildman–Crippen LogP) is 1.58. The summed E-state index contributed by atoms with van der Waals surface area (Å²) in [5, 5.41) is 15.5. The van der Waals surface area contributed by atoms with Gasteiger partial charge in [-0.2, -0.15) is 0 Å². The van der Waals surface area contributed by atoms with Crippen LogP contribution in [0.4, 0.5) is 0 Å². The van der Waals surface area contributed by atoms with E-state index in [1.54, 1.807) is 6.92 Å². The molecule has 4 nitrogen and oxygen atoms in total. The quantitative estimate of drug-likeness (QED) is 0.282.